The highest BCUT2D eigenvalue weighted by Crippen LogP contribution is 2.22. The molecule has 1 atom stereocenters. The Bertz CT molecular complexity index is 766. The molecule has 0 aliphatic carbocycles. The standard InChI is InChI=1S/C22H27ClN2O2S/c1-16(2)24-22(27)17(3)25(15-18-7-5-4-6-8-18)21(26)13-14-28-20-11-9-19(23)10-12-20/h4-12,16-17H,13-15H2,1-3H3,(H,24,27). The summed E-state index contributed by atoms with van der Waals surface area (Å²) in [5.41, 5.74) is 1.01. The Kier molecular flexibility index (Phi) is 8.87. The summed E-state index contributed by atoms with van der Waals surface area (Å²) in [6.07, 6.45) is 0.361. The van der Waals surface area contributed by atoms with Gasteiger partial charge in [-0.15, -0.1) is 11.8 Å². The molecule has 0 bridgehead atoms. The maximum Gasteiger partial charge on any atom is 0.242 e. The Morgan fingerprint density at radius 1 is 1.04 bits per heavy atom. The minimum Gasteiger partial charge on any atom is -0.352 e. The van der Waals surface area contributed by atoms with Crippen LogP contribution in [0, 0.1) is 0 Å². The summed E-state index contributed by atoms with van der Waals surface area (Å²) in [7, 11) is 0. The van der Waals surface area contributed by atoms with Crippen LogP contribution in [-0.4, -0.2) is 34.6 Å². The van der Waals surface area contributed by atoms with Gasteiger partial charge in [0.2, 0.25) is 11.8 Å². The highest BCUT2D eigenvalue weighted by Gasteiger charge is 2.26. The van der Waals surface area contributed by atoms with Crippen LogP contribution in [-0.2, 0) is 16.1 Å². The summed E-state index contributed by atoms with van der Waals surface area (Å²) in [5.74, 6) is 0.478. The van der Waals surface area contributed by atoms with Gasteiger partial charge in [0.1, 0.15) is 6.04 Å². The lowest BCUT2D eigenvalue weighted by atomic mass is 10.1. The number of carbonyl (C=O) groups excluding carboxylic acids is 2. The molecule has 0 saturated heterocycles. The minimum atomic E-state index is -0.532. The molecule has 2 aromatic carbocycles. The van der Waals surface area contributed by atoms with Crippen molar-refractivity contribution in [3.8, 4) is 0 Å². The van der Waals surface area contributed by atoms with Gasteiger partial charge in [0.15, 0.2) is 0 Å². The molecule has 28 heavy (non-hydrogen) atoms. The second-order valence-electron chi connectivity index (χ2n) is 6.90. The van der Waals surface area contributed by atoms with Gasteiger partial charge < -0.3 is 10.2 Å². The quantitative estimate of drug-likeness (QED) is 0.597. The topological polar surface area (TPSA) is 49.4 Å². The first-order chi connectivity index (χ1) is 13.4. The maximum atomic E-state index is 12.9. The molecule has 0 aliphatic rings. The molecule has 0 radical (unpaired) electrons. The molecule has 1 N–H and O–H groups in total. The third-order valence-corrected chi connectivity index (χ3v) is 5.46. The predicted molar refractivity (Wildman–Crippen MR) is 117 cm³/mol. The van der Waals surface area contributed by atoms with Crippen molar-refractivity contribution in [1.82, 2.24) is 10.2 Å². The number of benzene rings is 2. The molecule has 0 aliphatic heterocycles. The summed E-state index contributed by atoms with van der Waals surface area (Å²) in [5, 5.41) is 3.59. The van der Waals surface area contributed by atoms with E-state index in [-0.39, 0.29) is 17.9 Å². The molecule has 6 heteroatoms. The molecular formula is C22H27ClN2O2S. The smallest absolute Gasteiger partial charge is 0.242 e. The Hall–Kier alpha value is -1.98. The highest BCUT2D eigenvalue weighted by molar-refractivity contribution is 7.99. The summed E-state index contributed by atoms with van der Waals surface area (Å²) in [6.45, 7) is 6.02. The Morgan fingerprint density at radius 3 is 2.29 bits per heavy atom. The third-order valence-electron chi connectivity index (χ3n) is 4.19. The molecule has 4 nitrogen and oxygen atoms in total. The molecule has 0 spiro atoms. The third kappa shape index (κ3) is 7.21. The van der Waals surface area contributed by atoms with Crippen molar-refractivity contribution < 1.29 is 9.59 Å². The van der Waals surface area contributed by atoms with Crippen molar-refractivity contribution in [2.45, 2.75) is 50.7 Å². The van der Waals surface area contributed by atoms with Crippen LogP contribution in [0.2, 0.25) is 5.02 Å². The van der Waals surface area contributed by atoms with Gasteiger partial charge in [0, 0.05) is 34.7 Å². The van der Waals surface area contributed by atoms with Crippen LogP contribution < -0.4 is 5.32 Å². The van der Waals surface area contributed by atoms with E-state index in [1.807, 2.05) is 68.4 Å². The highest BCUT2D eigenvalue weighted by atomic mass is 35.5. The van der Waals surface area contributed by atoms with Gasteiger partial charge in [-0.2, -0.15) is 0 Å². The fourth-order valence-electron chi connectivity index (χ4n) is 2.70. The zero-order chi connectivity index (χ0) is 20.5. The van der Waals surface area contributed by atoms with Crippen LogP contribution in [0.3, 0.4) is 0 Å². The van der Waals surface area contributed by atoms with Crippen LogP contribution in [0.1, 0.15) is 32.8 Å². The fourth-order valence-corrected chi connectivity index (χ4v) is 3.67. The number of hydrogen-bond acceptors (Lipinski definition) is 3. The monoisotopic (exact) mass is 418 g/mol. The molecule has 150 valence electrons. The molecular weight excluding hydrogens is 392 g/mol. The van der Waals surface area contributed by atoms with E-state index in [4.69, 9.17) is 11.6 Å². The van der Waals surface area contributed by atoms with Crippen molar-refractivity contribution in [1.29, 1.82) is 0 Å². The van der Waals surface area contributed by atoms with Crippen molar-refractivity contribution in [3.05, 3.63) is 65.2 Å². The van der Waals surface area contributed by atoms with E-state index in [0.29, 0.717) is 23.7 Å². The average Bonchev–Trinajstić information content (AvgIpc) is 2.67. The van der Waals surface area contributed by atoms with E-state index in [2.05, 4.69) is 5.32 Å². The minimum absolute atomic E-state index is 0.0308. The van der Waals surface area contributed by atoms with E-state index < -0.39 is 6.04 Å². The van der Waals surface area contributed by atoms with Gasteiger partial charge >= 0.3 is 0 Å². The Morgan fingerprint density at radius 2 is 1.68 bits per heavy atom. The first kappa shape index (κ1) is 22.3. The number of amides is 2. The molecule has 2 rings (SSSR count). The lowest BCUT2D eigenvalue weighted by Crippen LogP contribution is -2.49. The van der Waals surface area contributed by atoms with Crippen molar-refractivity contribution >= 4 is 35.2 Å². The average molecular weight is 419 g/mol. The zero-order valence-electron chi connectivity index (χ0n) is 16.5. The van der Waals surface area contributed by atoms with Gasteiger partial charge in [-0.05, 0) is 50.6 Å². The van der Waals surface area contributed by atoms with Gasteiger partial charge in [-0.3, -0.25) is 9.59 Å². The van der Waals surface area contributed by atoms with Gasteiger partial charge in [0.25, 0.3) is 0 Å². The zero-order valence-corrected chi connectivity index (χ0v) is 18.1. The van der Waals surface area contributed by atoms with E-state index in [0.717, 1.165) is 10.5 Å². The molecule has 0 saturated carbocycles. The number of hydrogen-bond donors (Lipinski definition) is 1. The number of thioether (sulfide) groups is 1. The van der Waals surface area contributed by atoms with Gasteiger partial charge in [-0.25, -0.2) is 0 Å². The summed E-state index contributed by atoms with van der Waals surface area (Å²) in [4.78, 5) is 28.2. The number of carbonyl (C=O) groups is 2. The fraction of sp³-hybridized carbons (Fsp3) is 0.364. The Labute approximate surface area is 176 Å². The van der Waals surface area contributed by atoms with E-state index >= 15 is 0 Å². The second kappa shape index (κ2) is 11.1. The van der Waals surface area contributed by atoms with Crippen LogP contribution in [0.5, 0.6) is 0 Å². The molecule has 0 heterocycles. The summed E-state index contributed by atoms with van der Waals surface area (Å²) < 4.78 is 0. The number of halogens is 1. The predicted octanol–water partition coefficient (Wildman–Crippen LogP) is 4.76. The number of nitrogens with one attached hydrogen (secondary N) is 1. The molecule has 0 aromatic heterocycles. The van der Waals surface area contributed by atoms with Gasteiger partial charge in [0.05, 0.1) is 0 Å². The van der Waals surface area contributed by atoms with Gasteiger partial charge in [-0.1, -0.05) is 41.9 Å². The largest absolute Gasteiger partial charge is 0.352 e. The lowest BCUT2D eigenvalue weighted by Gasteiger charge is -2.29. The van der Waals surface area contributed by atoms with Crippen LogP contribution in [0.25, 0.3) is 0 Å². The molecule has 2 amide bonds. The molecule has 1 unspecified atom stereocenters. The molecule has 2 aromatic rings. The van der Waals surface area contributed by atoms with Crippen molar-refractivity contribution in [3.63, 3.8) is 0 Å². The Balaban J connectivity index is 2.02. The van der Waals surface area contributed by atoms with Crippen LogP contribution in [0.4, 0.5) is 0 Å². The first-order valence-electron chi connectivity index (χ1n) is 9.39. The van der Waals surface area contributed by atoms with E-state index in [9.17, 15) is 9.59 Å². The maximum absolute atomic E-state index is 12.9. The first-order valence-corrected chi connectivity index (χ1v) is 10.8. The van der Waals surface area contributed by atoms with Crippen molar-refractivity contribution in [2.75, 3.05) is 5.75 Å². The normalized spacial score (nSPS) is 11.9. The van der Waals surface area contributed by atoms with E-state index in [1.54, 1.807) is 23.6 Å². The second-order valence-corrected chi connectivity index (χ2v) is 8.50. The summed E-state index contributed by atoms with van der Waals surface area (Å²) >= 11 is 7.51. The van der Waals surface area contributed by atoms with Crippen LogP contribution >= 0.6 is 23.4 Å². The number of nitrogens with zero attached hydrogens (tertiary/aromatic N) is 1. The summed E-state index contributed by atoms with van der Waals surface area (Å²) in [6, 6.07) is 16.8. The van der Waals surface area contributed by atoms with E-state index in [1.165, 1.54) is 0 Å². The van der Waals surface area contributed by atoms with Crippen molar-refractivity contribution in [2.24, 2.45) is 0 Å². The molecule has 0 fully saturated rings. The SMILES string of the molecule is CC(C)NC(=O)C(C)N(Cc1ccccc1)C(=O)CCSc1ccc(Cl)cc1. The van der Waals surface area contributed by atoms with Crippen LogP contribution in [0.15, 0.2) is 59.5 Å². The lowest BCUT2D eigenvalue weighted by molar-refractivity contribution is -0.140. The number of rotatable bonds is 9.